The zero-order valence-electron chi connectivity index (χ0n) is 9.77. The summed E-state index contributed by atoms with van der Waals surface area (Å²) in [5.41, 5.74) is -0.261. The van der Waals surface area contributed by atoms with Crippen molar-refractivity contribution in [2.45, 2.75) is 24.9 Å². The van der Waals surface area contributed by atoms with E-state index in [0.29, 0.717) is 17.9 Å². The van der Waals surface area contributed by atoms with Crippen molar-refractivity contribution in [1.82, 2.24) is 4.98 Å². The molecule has 0 aliphatic heterocycles. The summed E-state index contributed by atoms with van der Waals surface area (Å²) in [7, 11) is 1.33. The molecule has 1 aromatic heterocycles. The highest BCUT2D eigenvalue weighted by Gasteiger charge is 2.34. The Morgan fingerprint density at radius 1 is 1.65 bits per heavy atom. The molecule has 1 saturated carbocycles. The van der Waals surface area contributed by atoms with Crippen molar-refractivity contribution in [3.05, 3.63) is 23.9 Å². The van der Waals surface area contributed by atoms with Crippen molar-refractivity contribution >= 4 is 11.8 Å². The first-order valence-corrected chi connectivity index (χ1v) is 5.64. The fraction of sp³-hybridized carbons (Fsp3) is 0.500. The molecule has 0 saturated heterocycles. The van der Waals surface area contributed by atoms with Gasteiger partial charge in [-0.05, 0) is 31.4 Å². The van der Waals surface area contributed by atoms with Crippen LogP contribution in [0.3, 0.4) is 0 Å². The summed E-state index contributed by atoms with van der Waals surface area (Å²) < 4.78 is 4.67. The molecule has 1 aromatic rings. The van der Waals surface area contributed by atoms with Gasteiger partial charge >= 0.3 is 5.97 Å². The molecule has 5 nitrogen and oxygen atoms in total. The summed E-state index contributed by atoms with van der Waals surface area (Å²) in [5, 5.41) is 13.0. The van der Waals surface area contributed by atoms with Gasteiger partial charge in [0.1, 0.15) is 11.4 Å². The molecule has 1 fully saturated rings. The lowest BCUT2D eigenvalue weighted by molar-refractivity contribution is -0.0203. The molecule has 0 amide bonds. The van der Waals surface area contributed by atoms with E-state index in [1.165, 1.54) is 7.11 Å². The van der Waals surface area contributed by atoms with Crippen LogP contribution in [0.4, 0.5) is 5.82 Å². The second-order valence-electron chi connectivity index (χ2n) is 4.32. The maximum Gasteiger partial charge on any atom is 0.341 e. The van der Waals surface area contributed by atoms with Crippen LogP contribution in [0.1, 0.15) is 29.6 Å². The molecule has 0 spiro atoms. The number of esters is 1. The lowest BCUT2D eigenvalue weighted by Gasteiger charge is -2.36. The predicted octanol–water partition coefficient (Wildman–Crippen LogP) is 1.20. The van der Waals surface area contributed by atoms with E-state index < -0.39 is 11.6 Å². The van der Waals surface area contributed by atoms with Crippen LogP contribution in [0, 0.1) is 0 Å². The molecule has 1 aliphatic carbocycles. The highest BCUT2D eigenvalue weighted by Crippen LogP contribution is 2.31. The minimum Gasteiger partial charge on any atom is -0.465 e. The van der Waals surface area contributed by atoms with Gasteiger partial charge in [-0.15, -0.1) is 0 Å². The number of nitrogens with zero attached hydrogens (tertiary/aromatic N) is 1. The van der Waals surface area contributed by atoms with Crippen molar-refractivity contribution in [3.8, 4) is 0 Å². The van der Waals surface area contributed by atoms with Crippen molar-refractivity contribution < 1.29 is 14.6 Å². The van der Waals surface area contributed by atoms with Gasteiger partial charge < -0.3 is 15.2 Å². The molecule has 1 aliphatic rings. The Labute approximate surface area is 99.8 Å². The third kappa shape index (κ3) is 2.55. The quantitative estimate of drug-likeness (QED) is 0.768. The number of hydrogen-bond acceptors (Lipinski definition) is 5. The smallest absolute Gasteiger partial charge is 0.341 e. The molecular formula is C12H16N2O3. The van der Waals surface area contributed by atoms with E-state index in [2.05, 4.69) is 15.0 Å². The summed E-state index contributed by atoms with van der Waals surface area (Å²) in [5.74, 6) is 0.0286. The van der Waals surface area contributed by atoms with Crippen LogP contribution in [-0.2, 0) is 4.74 Å². The lowest BCUT2D eigenvalue weighted by atomic mass is 9.80. The maximum atomic E-state index is 11.5. The monoisotopic (exact) mass is 236 g/mol. The highest BCUT2D eigenvalue weighted by atomic mass is 16.5. The van der Waals surface area contributed by atoms with E-state index in [4.69, 9.17) is 0 Å². The summed E-state index contributed by atoms with van der Waals surface area (Å²) in [6.45, 7) is 0.411. The second kappa shape index (κ2) is 4.71. The number of methoxy groups -OCH3 is 1. The van der Waals surface area contributed by atoms with Gasteiger partial charge in [-0.2, -0.15) is 0 Å². The number of carbonyl (C=O) groups is 1. The van der Waals surface area contributed by atoms with E-state index >= 15 is 0 Å². The number of carbonyl (C=O) groups excluding carboxylic acids is 1. The SMILES string of the molecule is COC(=O)c1cccnc1NCC1(O)CCC1. The number of nitrogens with one attached hydrogen (secondary N) is 1. The van der Waals surface area contributed by atoms with Gasteiger partial charge in [0.15, 0.2) is 0 Å². The highest BCUT2D eigenvalue weighted by molar-refractivity contribution is 5.94. The third-order valence-corrected chi connectivity index (χ3v) is 3.08. The van der Waals surface area contributed by atoms with Crippen LogP contribution >= 0.6 is 0 Å². The zero-order valence-corrected chi connectivity index (χ0v) is 9.77. The minimum absolute atomic E-state index is 0.387. The van der Waals surface area contributed by atoms with Crippen LogP contribution in [0.2, 0.25) is 0 Å². The van der Waals surface area contributed by atoms with Gasteiger partial charge in [0.25, 0.3) is 0 Å². The maximum absolute atomic E-state index is 11.5. The topological polar surface area (TPSA) is 71.5 Å². The molecule has 2 N–H and O–H groups in total. The number of rotatable bonds is 4. The van der Waals surface area contributed by atoms with E-state index in [9.17, 15) is 9.90 Å². The third-order valence-electron chi connectivity index (χ3n) is 3.08. The predicted molar refractivity (Wildman–Crippen MR) is 62.9 cm³/mol. The number of anilines is 1. The molecular weight excluding hydrogens is 220 g/mol. The Morgan fingerprint density at radius 3 is 3.00 bits per heavy atom. The number of aliphatic hydroxyl groups is 1. The minimum atomic E-state index is -0.648. The average Bonchev–Trinajstić information content (AvgIpc) is 2.33. The number of ether oxygens (including phenoxy) is 1. The molecule has 92 valence electrons. The van der Waals surface area contributed by atoms with E-state index in [1.54, 1.807) is 18.3 Å². The second-order valence-corrected chi connectivity index (χ2v) is 4.32. The summed E-state index contributed by atoms with van der Waals surface area (Å²) in [4.78, 5) is 15.6. The van der Waals surface area contributed by atoms with Gasteiger partial charge in [-0.25, -0.2) is 9.78 Å². The summed E-state index contributed by atoms with van der Waals surface area (Å²) >= 11 is 0. The van der Waals surface area contributed by atoms with E-state index in [-0.39, 0.29) is 0 Å². The number of hydrogen-bond donors (Lipinski definition) is 2. The normalized spacial score (nSPS) is 17.1. The van der Waals surface area contributed by atoms with E-state index in [1.807, 2.05) is 0 Å². The molecule has 2 rings (SSSR count). The van der Waals surface area contributed by atoms with Crippen LogP contribution in [0.5, 0.6) is 0 Å². The summed E-state index contributed by atoms with van der Waals surface area (Å²) in [6.07, 6.45) is 4.23. The van der Waals surface area contributed by atoms with Crippen molar-refractivity contribution in [3.63, 3.8) is 0 Å². The standard InChI is InChI=1S/C12H16N2O3/c1-17-11(15)9-4-2-7-13-10(9)14-8-12(16)5-3-6-12/h2,4,7,16H,3,5-6,8H2,1H3,(H,13,14). The van der Waals surface area contributed by atoms with Gasteiger partial charge in [0.2, 0.25) is 0 Å². The molecule has 17 heavy (non-hydrogen) atoms. The van der Waals surface area contributed by atoms with Crippen LogP contribution in [0.25, 0.3) is 0 Å². The largest absolute Gasteiger partial charge is 0.465 e. The van der Waals surface area contributed by atoms with E-state index in [0.717, 1.165) is 19.3 Å². The van der Waals surface area contributed by atoms with Crippen LogP contribution in [-0.4, -0.2) is 35.3 Å². The van der Waals surface area contributed by atoms with Gasteiger partial charge in [0, 0.05) is 12.7 Å². The Balaban J connectivity index is 2.07. The molecule has 0 radical (unpaired) electrons. The fourth-order valence-corrected chi connectivity index (χ4v) is 1.83. The Kier molecular flexibility index (Phi) is 3.28. The zero-order chi connectivity index (χ0) is 12.3. The first-order valence-electron chi connectivity index (χ1n) is 5.64. The van der Waals surface area contributed by atoms with Crippen LogP contribution in [0.15, 0.2) is 18.3 Å². The van der Waals surface area contributed by atoms with Gasteiger partial charge in [0.05, 0.1) is 12.7 Å². The van der Waals surface area contributed by atoms with Crippen molar-refractivity contribution in [1.29, 1.82) is 0 Å². The first-order chi connectivity index (χ1) is 8.14. The number of pyridine rings is 1. The fourth-order valence-electron chi connectivity index (χ4n) is 1.83. The molecule has 5 heteroatoms. The Hall–Kier alpha value is -1.62. The van der Waals surface area contributed by atoms with Gasteiger partial charge in [-0.1, -0.05) is 0 Å². The molecule has 0 bridgehead atoms. The number of aromatic nitrogens is 1. The Morgan fingerprint density at radius 2 is 2.41 bits per heavy atom. The summed E-state index contributed by atoms with van der Waals surface area (Å²) in [6, 6.07) is 3.32. The average molecular weight is 236 g/mol. The first kappa shape index (κ1) is 11.9. The lowest BCUT2D eigenvalue weighted by Crippen LogP contribution is -2.43. The van der Waals surface area contributed by atoms with Crippen molar-refractivity contribution in [2.75, 3.05) is 19.0 Å². The Bertz CT molecular complexity index is 416. The molecule has 0 atom stereocenters. The molecule has 0 unspecified atom stereocenters. The molecule has 1 heterocycles. The molecule has 0 aromatic carbocycles. The van der Waals surface area contributed by atoms with Crippen LogP contribution < -0.4 is 5.32 Å². The van der Waals surface area contributed by atoms with Gasteiger partial charge in [-0.3, -0.25) is 0 Å². The van der Waals surface area contributed by atoms with Crippen molar-refractivity contribution in [2.24, 2.45) is 0 Å².